The average molecular weight is 454 g/mol. The molecule has 1 fully saturated rings. The lowest BCUT2D eigenvalue weighted by molar-refractivity contribution is -0.261. The zero-order chi connectivity index (χ0) is 22.8. The van der Waals surface area contributed by atoms with Crippen molar-refractivity contribution < 1.29 is 54.0 Å². The Hall–Kier alpha value is -1.50. The molecule has 170 valence electrons. The predicted octanol–water partition coefficient (Wildman–Crippen LogP) is 3.48. The summed E-state index contributed by atoms with van der Waals surface area (Å²) in [6.07, 6.45) is -10.4. The molecule has 1 saturated carbocycles. The highest BCUT2D eigenvalue weighted by Crippen LogP contribution is 2.39. The van der Waals surface area contributed by atoms with Crippen LogP contribution in [0.25, 0.3) is 0 Å². The molecule has 0 aromatic heterocycles. The molecule has 1 N–H and O–H groups in total. The molecule has 7 nitrogen and oxygen atoms in total. The number of hydrogen-bond acceptors (Lipinski definition) is 6. The fraction of sp³-hybridized carbons (Fsp3) is 0.875. The van der Waals surface area contributed by atoms with Gasteiger partial charge in [-0.2, -0.15) is 30.4 Å². The molecule has 0 radical (unpaired) electrons. The Labute approximate surface area is 164 Å². The third-order valence-electron chi connectivity index (χ3n) is 4.90. The summed E-state index contributed by atoms with van der Waals surface area (Å²) < 4.78 is 104. The summed E-state index contributed by atoms with van der Waals surface area (Å²) in [7, 11) is -6.49. The minimum absolute atomic E-state index is 0.0939. The first-order valence-electron chi connectivity index (χ1n) is 8.76. The number of alkyl halides is 5. The molecule has 29 heavy (non-hydrogen) atoms. The number of esters is 2. The van der Waals surface area contributed by atoms with Gasteiger partial charge in [0.05, 0.1) is 11.3 Å². The van der Waals surface area contributed by atoms with Crippen molar-refractivity contribution in [2.75, 3.05) is 0 Å². The van der Waals surface area contributed by atoms with Crippen molar-refractivity contribution in [2.24, 2.45) is 11.3 Å². The monoisotopic (exact) mass is 454 g/mol. The highest BCUT2D eigenvalue weighted by atomic mass is 32.2. The van der Waals surface area contributed by atoms with E-state index in [1.165, 1.54) is 0 Å². The smallest absolute Gasteiger partial charge is 0.432 e. The van der Waals surface area contributed by atoms with Crippen LogP contribution in [0.3, 0.4) is 0 Å². The quantitative estimate of drug-likeness (QED) is 0.357. The Morgan fingerprint density at radius 1 is 1.07 bits per heavy atom. The Bertz CT molecular complexity index is 710. The van der Waals surface area contributed by atoms with Gasteiger partial charge in [0, 0.05) is 0 Å². The molecule has 0 saturated heterocycles. The van der Waals surface area contributed by atoms with Gasteiger partial charge in [-0.1, -0.05) is 6.92 Å². The lowest BCUT2D eigenvalue weighted by Crippen LogP contribution is -2.52. The lowest BCUT2D eigenvalue weighted by atomic mass is 9.86. The fourth-order valence-corrected chi connectivity index (χ4v) is 3.00. The molecule has 0 aromatic rings. The largest absolute Gasteiger partial charge is 0.462 e. The van der Waals surface area contributed by atoms with E-state index in [2.05, 4.69) is 4.74 Å². The van der Waals surface area contributed by atoms with E-state index in [1.54, 1.807) is 20.8 Å². The number of carbonyl (C=O) groups is 2. The van der Waals surface area contributed by atoms with Crippen LogP contribution in [0.5, 0.6) is 0 Å². The molecule has 1 aliphatic rings. The van der Waals surface area contributed by atoms with Crippen molar-refractivity contribution in [2.45, 2.75) is 76.5 Å². The summed E-state index contributed by atoms with van der Waals surface area (Å²) >= 11 is 0. The fourth-order valence-electron chi connectivity index (χ4n) is 2.55. The number of rotatable bonds is 7. The maximum absolute atomic E-state index is 13.5. The van der Waals surface area contributed by atoms with E-state index in [-0.39, 0.29) is 25.7 Å². The van der Waals surface area contributed by atoms with Crippen LogP contribution in [-0.4, -0.2) is 48.5 Å². The SMILES string of the molecule is CCC(C)(C)C(=O)OC1CCC(C(=O)OC(C(F)(F)F)C(F)(F)S(=O)(=O)O)CC1. The zero-order valence-electron chi connectivity index (χ0n) is 16.0. The highest BCUT2D eigenvalue weighted by molar-refractivity contribution is 7.86. The standard InChI is InChI=1S/C16H23F5O7S/c1-4-14(2,3)13(23)27-10-7-5-9(6-8-10)11(22)28-12(15(17,18)19)16(20,21)29(24,25)26/h9-10,12H,4-8H2,1-3H3,(H,24,25,26). The molecule has 0 aromatic carbocycles. The maximum Gasteiger partial charge on any atom is 0.432 e. The second-order valence-corrected chi connectivity index (χ2v) is 9.01. The molecule has 1 atom stereocenters. The van der Waals surface area contributed by atoms with Gasteiger partial charge in [-0.25, -0.2) is 0 Å². The molecule has 0 bridgehead atoms. The van der Waals surface area contributed by atoms with Crippen LogP contribution in [0.4, 0.5) is 22.0 Å². The second kappa shape index (κ2) is 8.70. The summed E-state index contributed by atoms with van der Waals surface area (Å²) in [5.41, 5.74) is -0.739. The number of halogens is 5. The zero-order valence-corrected chi connectivity index (χ0v) is 16.8. The van der Waals surface area contributed by atoms with Gasteiger partial charge < -0.3 is 9.47 Å². The molecule has 13 heteroatoms. The lowest BCUT2D eigenvalue weighted by Gasteiger charge is -2.32. The molecular formula is C16H23F5O7S. The van der Waals surface area contributed by atoms with Crippen molar-refractivity contribution >= 4 is 22.1 Å². The van der Waals surface area contributed by atoms with Crippen LogP contribution in [0.1, 0.15) is 52.9 Å². The van der Waals surface area contributed by atoms with Crippen molar-refractivity contribution in [3.63, 3.8) is 0 Å². The van der Waals surface area contributed by atoms with Gasteiger partial charge in [0.15, 0.2) is 0 Å². The molecule has 0 heterocycles. The van der Waals surface area contributed by atoms with Crippen molar-refractivity contribution in [3.05, 3.63) is 0 Å². The molecule has 1 rings (SSSR count). The van der Waals surface area contributed by atoms with E-state index in [0.29, 0.717) is 6.42 Å². The van der Waals surface area contributed by atoms with Gasteiger partial charge in [0.2, 0.25) is 0 Å². The van der Waals surface area contributed by atoms with E-state index in [0.717, 1.165) is 0 Å². The second-order valence-electron chi connectivity index (χ2n) is 7.51. The molecule has 0 amide bonds. The minimum Gasteiger partial charge on any atom is -0.462 e. The van der Waals surface area contributed by atoms with Gasteiger partial charge in [-0.15, -0.1) is 0 Å². The van der Waals surface area contributed by atoms with Crippen LogP contribution in [0.15, 0.2) is 0 Å². The predicted molar refractivity (Wildman–Crippen MR) is 88.3 cm³/mol. The summed E-state index contributed by atoms with van der Waals surface area (Å²) in [5.74, 6) is -3.36. The van der Waals surface area contributed by atoms with Crippen molar-refractivity contribution in [3.8, 4) is 0 Å². The van der Waals surface area contributed by atoms with Gasteiger partial charge in [-0.3, -0.25) is 14.1 Å². The van der Waals surface area contributed by atoms with Crippen LogP contribution >= 0.6 is 0 Å². The Kier molecular flexibility index (Phi) is 7.66. The van der Waals surface area contributed by atoms with Crippen molar-refractivity contribution in [1.29, 1.82) is 0 Å². The molecule has 0 aliphatic heterocycles. The third-order valence-corrected chi connectivity index (χ3v) is 5.80. The number of hydrogen-bond donors (Lipinski definition) is 1. The number of ether oxygens (including phenoxy) is 2. The highest BCUT2D eigenvalue weighted by Gasteiger charge is 2.66. The van der Waals surface area contributed by atoms with Crippen LogP contribution < -0.4 is 0 Å². The first-order valence-corrected chi connectivity index (χ1v) is 10.2. The minimum atomic E-state index is -6.49. The van der Waals surface area contributed by atoms with Crippen molar-refractivity contribution in [1.82, 2.24) is 0 Å². The van der Waals surface area contributed by atoms with Gasteiger partial charge >= 0.3 is 33.5 Å². The van der Waals surface area contributed by atoms with E-state index < -0.39 is 57.0 Å². The van der Waals surface area contributed by atoms with Crippen LogP contribution in [-0.2, 0) is 29.2 Å². The molecule has 1 unspecified atom stereocenters. The maximum atomic E-state index is 13.5. The first-order chi connectivity index (χ1) is 12.9. The van der Waals surface area contributed by atoms with Gasteiger partial charge in [-0.05, 0) is 46.0 Å². The Morgan fingerprint density at radius 3 is 1.93 bits per heavy atom. The molecular weight excluding hydrogens is 431 g/mol. The summed E-state index contributed by atoms with van der Waals surface area (Å²) in [6, 6.07) is 0. The van der Waals surface area contributed by atoms with Crippen LogP contribution in [0, 0.1) is 11.3 Å². The average Bonchev–Trinajstić information content (AvgIpc) is 2.57. The Morgan fingerprint density at radius 2 is 1.55 bits per heavy atom. The Balaban J connectivity index is 2.78. The van der Waals surface area contributed by atoms with E-state index in [1.807, 2.05) is 0 Å². The summed E-state index contributed by atoms with van der Waals surface area (Å²) in [4.78, 5) is 24.0. The van der Waals surface area contributed by atoms with Gasteiger partial charge in [0.1, 0.15) is 6.10 Å². The molecule has 0 spiro atoms. The van der Waals surface area contributed by atoms with E-state index >= 15 is 0 Å². The molecule has 1 aliphatic carbocycles. The topological polar surface area (TPSA) is 107 Å². The van der Waals surface area contributed by atoms with E-state index in [4.69, 9.17) is 9.29 Å². The van der Waals surface area contributed by atoms with Gasteiger partial charge in [0.25, 0.3) is 6.10 Å². The third kappa shape index (κ3) is 6.24. The number of carbonyl (C=O) groups excluding carboxylic acids is 2. The summed E-state index contributed by atoms with van der Waals surface area (Å²) in [5, 5.41) is -5.76. The van der Waals surface area contributed by atoms with Crippen LogP contribution in [0.2, 0.25) is 0 Å². The summed E-state index contributed by atoms with van der Waals surface area (Å²) in [6.45, 7) is 5.13. The first kappa shape index (κ1) is 25.5. The normalized spacial score (nSPS) is 22.7. The van der Waals surface area contributed by atoms with E-state index in [9.17, 15) is 40.0 Å².